The van der Waals surface area contributed by atoms with Crippen LogP contribution in [0.15, 0.2) is 4.99 Å². The zero-order chi connectivity index (χ0) is 9.07. The lowest BCUT2D eigenvalue weighted by Crippen LogP contribution is -2.41. The number of alkyl halides is 2. The summed E-state index contributed by atoms with van der Waals surface area (Å²) in [5, 5.41) is 2.57. The Labute approximate surface area is 65.7 Å². The van der Waals surface area contributed by atoms with E-state index in [0.29, 0.717) is 0 Å². The second-order valence-corrected chi connectivity index (χ2v) is 2.76. The molecule has 0 fully saturated rings. The van der Waals surface area contributed by atoms with E-state index in [-0.39, 0.29) is 11.9 Å². The van der Waals surface area contributed by atoms with Gasteiger partial charge < -0.3 is 5.32 Å². The number of nitrogens with one attached hydrogen (secondary N) is 1. The number of hydrogen-bond donors (Lipinski definition) is 1. The topological polar surface area (TPSA) is 24.4 Å². The van der Waals surface area contributed by atoms with E-state index in [4.69, 9.17) is 0 Å². The van der Waals surface area contributed by atoms with Gasteiger partial charge >= 0.3 is 5.92 Å². The fourth-order valence-corrected chi connectivity index (χ4v) is 0.661. The van der Waals surface area contributed by atoms with E-state index in [1.165, 1.54) is 7.05 Å². The van der Waals surface area contributed by atoms with Crippen LogP contribution in [-0.2, 0) is 0 Å². The molecule has 0 aromatic heterocycles. The van der Waals surface area contributed by atoms with Crippen molar-refractivity contribution < 1.29 is 8.78 Å². The quantitative estimate of drug-likeness (QED) is 0.487. The largest absolute Gasteiger partial charge is 0.367 e. The summed E-state index contributed by atoms with van der Waals surface area (Å²) in [5.41, 5.74) is 0. The minimum Gasteiger partial charge on any atom is -0.367 e. The maximum absolute atomic E-state index is 12.6. The molecule has 0 aromatic carbocycles. The van der Waals surface area contributed by atoms with Crippen molar-refractivity contribution in [3.8, 4) is 0 Å². The number of rotatable bonds is 2. The highest BCUT2D eigenvalue weighted by molar-refractivity contribution is 5.88. The van der Waals surface area contributed by atoms with Crippen molar-refractivity contribution in [1.29, 1.82) is 0 Å². The predicted octanol–water partition coefficient (Wildman–Crippen LogP) is 1.67. The molecule has 2 nitrogen and oxygen atoms in total. The van der Waals surface area contributed by atoms with Crippen LogP contribution >= 0.6 is 0 Å². The summed E-state index contributed by atoms with van der Waals surface area (Å²) in [5.74, 6) is -3.12. The minimum atomic E-state index is -2.86. The Morgan fingerprint density at radius 1 is 1.45 bits per heavy atom. The molecule has 0 atom stereocenters. The van der Waals surface area contributed by atoms with Crippen LogP contribution in [0.25, 0.3) is 0 Å². The van der Waals surface area contributed by atoms with E-state index in [1.807, 2.05) is 0 Å². The highest BCUT2D eigenvalue weighted by atomic mass is 19.3. The summed E-state index contributed by atoms with van der Waals surface area (Å²) < 4.78 is 25.1. The number of hydrogen-bond acceptors (Lipinski definition) is 1. The monoisotopic (exact) mass is 164 g/mol. The summed E-state index contributed by atoms with van der Waals surface area (Å²) in [6.07, 6.45) is 0. The Morgan fingerprint density at radius 3 is 2.00 bits per heavy atom. The third-order valence-corrected chi connectivity index (χ3v) is 1.06. The molecular formula is C7H14F2N2. The molecule has 1 N–H and O–H groups in total. The normalized spacial score (nSPS) is 13.9. The minimum absolute atomic E-state index is 0.0143. The SMILES string of the molecule is CN=C(NC(C)C)C(C)(F)F. The molecule has 0 aliphatic heterocycles. The van der Waals surface area contributed by atoms with Gasteiger partial charge in [-0.3, -0.25) is 4.99 Å². The van der Waals surface area contributed by atoms with Crippen molar-refractivity contribution in [2.24, 2.45) is 4.99 Å². The maximum Gasteiger partial charge on any atom is 0.301 e. The molecule has 0 aliphatic rings. The highest BCUT2D eigenvalue weighted by Gasteiger charge is 2.29. The molecule has 0 radical (unpaired) electrons. The van der Waals surface area contributed by atoms with E-state index in [2.05, 4.69) is 10.3 Å². The fourth-order valence-electron chi connectivity index (χ4n) is 0.661. The smallest absolute Gasteiger partial charge is 0.301 e. The lowest BCUT2D eigenvalue weighted by Gasteiger charge is -2.17. The first-order valence-electron chi connectivity index (χ1n) is 3.49. The van der Waals surface area contributed by atoms with E-state index < -0.39 is 5.92 Å². The third-order valence-electron chi connectivity index (χ3n) is 1.06. The van der Waals surface area contributed by atoms with Gasteiger partial charge in [0, 0.05) is 20.0 Å². The number of aliphatic imine (C=N–C) groups is 1. The second kappa shape index (κ2) is 3.64. The average Bonchev–Trinajstić information content (AvgIpc) is 1.79. The van der Waals surface area contributed by atoms with Gasteiger partial charge in [0.25, 0.3) is 0 Å². The molecule has 0 heterocycles. The fraction of sp³-hybridized carbons (Fsp3) is 0.857. The van der Waals surface area contributed by atoms with Gasteiger partial charge in [-0.15, -0.1) is 0 Å². The summed E-state index contributed by atoms with van der Waals surface area (Å²) >= 11 is 0. The van der Waals surface area contributed by atoms with Gasteiger partial charge in [0.1, 0.15) is 0 Å². The molecule has 0 aromatic rings. The van der Waals surface area contributed by atoms with Crippen molar-refractivity contribution in [1.82, 2.24) is 5.32 Å². The molecule has 0 saturated heterocycles. The zero-order valence-corrected chi connectivity index (χ0v) is 7.28. The summed E-state index contributed by atoms with van der Waals surface area (Å²) in [6, 6.07) is -0.0143. The number of halogens is 2. The van der Waals surface area contributed by atoms with E-state index >= 15 is 0 Å². The van der Waals surface area contributed by atoms with Gasteiger partial charge in [-0.25, -0.2) is 0 Å². The van der Waals surface area contributed by atoms with Gasteiger partial charge in [-0.05, 0) is 13.8 Å². The lowest BCUT2D eigenvalue weighted by molar-refractivity contribution is 0.0952. The second-order valence-electron chi connectivity index (χ2n) is 2.76. The van der Waals surface area contributed by atoms with Crippen molar-refractivity contribution in [3.05, 3.63) is 0 Å². The Kier molecular flexibility index (Phi) is 3.42. The Morgan fingerprint density at radius 2 is 1.91 bits per heavy atom. The molecule has 0 saturated carbocycles. The number of nitrogens with zero attached hydrogens (tertiary/aromatic N) is 1. The first-order valence-corrected chi connectivity index (χ1v) is 3.49. The Balaban J connectivity index is 4.21. The molecule has 0 spiro atoms. The molecule has 0 aliphatic carbocycles. The summed E-state index contributed by atoms with van der Waals surface area (Å²) in [6.45, 7) is 4.40. The maximum atomic E-state index is 12.6. The molecule has 11 heavy (non-hydrogen) atoms. The van der Waals surface area contributed by atoms with E-state index in [1.54, 1.807) is 13.8 Å². The van der Waals surface area contributed by atoms with Crippen LogP contribution in [0.4, 0.5) is 8.78 Å². The first kappa shape index (κ1) is 10.3. The highest BCUT2D eigenvalue weighted by Crippen LogP contribution is 2.12. The van der Waals surface area contributed by atoms with Gasteiger partial charge in [-0.2, -0.15) is 8.78 Å². The standard InChI is InChI=1S/C7H14F2N2/c1-5(2)11-6(10-4)7(3,8)9/h5H,1-4H3,(H,10,11). The van der Waals surface area contributed by atoms with Gasteiger partial charge in [0.05, 0.1) is 0 Å². The Hall–Kier alpha value is -0.670. The van der Waals surface area contributed by atoms with E-state index in [0.717, 1.165) is 6.92 Å². The van der Waals surface area contributed by atoms with Gasteiger partial charge in [0.15, 0.2) is 5.84 Å². The third kappa shape index (κ3) is 3.91. The van der Waals surface area contributed by atoms with Crippen LogP contribution in [0, 0.1) is 0 Å². The van der Waals surface area contributed by atoms with Crippen molar-refractivity contribution in [3.63, 3.8) is 0 Å². The summed E-state index contributed by atoms with van der Waals surface area (Å²) in [4.78, 5) is 3.46. The van der Waals surface area contributed by atoms with Gasteiger partial charge in [-0.1, -0.05) is 0 Å². The van der Waals surface area contributed by atoms with Crippen LogP contribution < -0.4 is 5.32 Å². The van der Waals surface area contributed by atoms with Crippen molar-refractivity contribution in [2.75, 3.05) is 7.05 Å². The first-order chi connectivity index (χ1) is 4.88. The van der Waals surface area contributed by atoms with E-state index in [9.17, 15) is 8.78 Å². The molecular weight excluding hydrogens is 150 g/mol. The van der Waals surface area contributed by atoms with Crippen molar-refractivity contribution >= 4 is 5.84 Å². The lowest BCUT2D eigenvalue weighted by atomic mass is 10.3. The zero-order valence-electron chi connectivity index (χ0n) is 7.28. The molecule has 0 amide bonds. The van der Waals surface area contributed by atoms with Crippen LogP contribution in [0.3, 0.4) is 0 Å². The molecule has 4 heteroatoms. The number of amidine groups is 1. The Bertz CT molecular complexity index is 147. The average molecular weight is 164 g/mol. The van der Waals surface area contributed by atoms with Crippen LogP contribution in [0.2, 0.25) is 0 Å². The molecule has 0 unspecified atom stereocenters. The molecule has 66 valence electrons. The predicted molar refractivity (Wildman–Crippen MR) is 42.3 cm³/mol. The summed E-state index contributed by atoms with van der Waals surface area (Å²) in [7, 11) is 1.35. The van der Waals surface area contributed by atoms with Crippen molar-refractivity contribution in [2.45, 2.75) is 32.7 Å². The van der Waals surface area contributed by atoms with Crippen LogP contribution in [0.1, 0.15) is 20.8 Å². The molecule has 0 rings (SSSR count). The molecule has 0 bridgehead atoms. The van der Waals surface area contributed by atoms with Crippen LogP contribution in [0.5, 0.6) is 0 Å². The van der Waals surface area contributed by atoms with Gasteiger partial charge in [0.2, 0.25) is 0 Å². The van der Waals surface area contributed by atoms with Crippen LogP contribution in [-0.4, -0.2) is 24.8 Å².